The molecule has 7 nitrogen and oxygen atoms in total. The first-order chi connectivity index (χ1) is 15.0. The van der Waals surface area contributed by atoms with Gasteiger partial charge >= 0.3 is 0 Å². The second-order valence-electron chi connectivity index (χ2n) is 8.21. The van der Waals surface area contributed by atoms with Crippen molar-refractivity contribution in [1.82, 2.24) is 20.4 Å². The number of piperidine rings is 1. The van der Waals surface area contributed by atoms with Gasteiger partial charge in [0.1, 0.15) is 0 Å². The van der Waals surface area contributed by atoms with Gasteiger partial charge in [0.2, 0.25) is 5.76 Å². The first kappa shape index (κ1) is 21.2. The Morgan fingerprint density at radius 1 is 1.19 bits per heavy atom. The van der Waals surface area contributed by atoms with Crippen LogP contribution in [0.1, 0.15) is 39.6 Å². The molecule has 1 saturated heterocycles. The molecule has 3 heterocycles. The fraction of sp³-hybridized carbons (Fsp3) is 0.375. The Balaban J connectivity index is 1.50. The van der Waals surface area contributed by atoms with Crippen LogP contribution < -0.4 is 5.32 Å². The van der Waals surface area contributed by atoms with Crippen LogP contribution in [0.15, 0.2) is 59.1 Å². The fourth-order valence-electron chi connectivity index (χ4n) is 4.23. The number of carbonyl (C=O) groups is 1. The van der Waals surface area contributed by atoms with E-state index in [1.807, 2.05) is 55.5 Å². The second kappa shape index (κ2) is 8.99. The number of hydrogen-bond donors (Lipinski definition) is 2. The highest BCUT2D eigenvalue weighted by Gasteiger charge is 2.45. The number of aliphatic hydroxyl groups excluding tert-OH is 1. The van der Waals surface area contributed by atoms with Gasteiger partial charge in [0.25, 0.3) is 5.91 Å². The highest BCUT2D eigenvalue weighted by atomic mass is 16.5. The zero-order chi connectivity index (χ0) is 21.8. The first-order valence-corrected chi connectivity index (χ1v) is 10.6. The average molecular weight is 421 g/mol. The SMILES string of the molecule is Cc1cc(C(=O)N[C@@]2(c3ccccc3)CCN(CCc3cccc(C)n3)C[C@H]2O)on1. The van der Waals surface area contributed by atoms with Gasteiger partial charge in [0, 0.05) is 43.5 Å². The molecule has 2 N–H and O–H groups in total. The minimum atomic E-state index is -0.892. The maximum Gasteiger partial charge on any atom is 0.290 e. The lowest BCUT2D eigenvalue weighted by molar-refractivity contribution is -0.0157. The molecular weight excluding hydrogens is 392 g/mol. The lowest BCUT2D eigenvalue weighted by Gasteiger charge is -2.46. The predicted molar refractivity (Wildman–Crippen MR) is 117 cm³/mol. The molecule has 1 fully saturated rings. The molecule has 162 valence electrons. The largest absolute Gasteiger partial charge is 0.389 e. The number of benzene rings is 1. The van der Waals surface area contributed by atoms with Crippen molar-refractivity contribution in [2.24, 2.45) is 0 Å². The number of hydrogen-bond acceptors (Lipinski definition) is 6. The number of aliphatic hydroxyl groups is 1. The molecule has 3 aromatic rings. The van der Waals surface area contributed by atoms with Crippen LogP contribution in [-0.4, -0.2) is 51.8 Å². The van der Waals surface area contributed by atoms with E-state index in [1.54, 1.807) is 13.0 Å². The van der Waals surface area contributed by atoms with Crippen LogP contribution in [0.2, 0.25) is 0 Å². The van der Waals surface area contributed by atoms with Crippen molar-refractivity contribution >= 4 is 5.91 Å². The third-order valence-electron chi connectivity index (χ3n) is 5.93. The van der Waals surface area contributed by atoms with Gasteiger partial charge in [-0.2, -0.15) is 0 Å². The highest BCUT2D eigenvalue weighted by molar-refractivity contribution is 5.92. The molecule has 0 saturated carbocycles. The van der Waals surface area contributed by atoms with Crippen molar-refractivity contribution in [3.63, 3.8) is 0 Å². The van der Waals surface area contributed by atoms with Crippen molar-refractivity contribution in [2.45, 2.75) is 38.3 Å². The number of likely N-dealkylation sites (tertiary alicyclic amines) is 1. The van der Waals surface area contributed by atoms with Crippen molar-refractivity contribution < 1.29 is 14.4 Å². The third-order valence-corrected chi connectivity index (χ3v) is 5.93. The van der Waals surface area contributed by atoms with E-state index < -0.39 is 11.6 Å². The van der Waals surface area contributed by atoms with E-state index in [-0.39, 0.29) is 11.7 Å². The monoisotopic (exact) mass is 420 g/mol. The molecule has 1 aromatic carbocycles. The fourth-order valence-corrected chi connectivity index (χ4v) is 4.23. The van der Waals surface area contributed by atoms with Crippen LogP contribution in [0.4, 0.5) is 0 Å². The zero-order valence-corrected chi connectivity index (χ0v) is 17.9. The minimum Gasteiger partial charge on any atom is -0.389 e. The van der Waals surface area contributed by atoms with Gasteiger partial charge in [-0.05, 0) is 38.0 Å². The summed E-state index contributed by atoms with van der Waals surface area (Å²) in [4.78, 5) is 19.7. The number of pyridine rings is 1. The maximum absolute atomic E-state index is 12.9. The van der Waals surface area contributed by atoms with E-state index in [2.05, 4.69) is 20.4 Å². The molecule has 0 aliphatic carbocycles. The molecule has 4 rings (SSSR count). The normalized spacial score (nSPS) is 21.7. The Hall–Kier alpha value is -3.03. The standard InChI is InChI=1S/C24H28N4O3/c1-17-7-6-10-20(25-17)11-13-28-14-12-24(22(29)16-28,19-8-4-3-5-9-19)26-23(30)21-15-18(2)27-31-21/h3-10,15,22,29H,11-14,16H2,1-2H3,(H,26,30)/t22-,24-/m1/s1. The summed E-state index contributed by atoms with van der Waals surface area (Å²) in [5.41, 5.74) is 2.68. The van der Waals surface area contributed by atoms with Crippen molar-refractivity contribution in [3.05, 3.63) is 83.0 Å². The summed E-state index contributed by atoms with van der Waals surface area (Å²) in [6.45, 7) is 5.75. The molecule has 31 heavy (non-hydrogen) atoms. The molecule has 0 bridgehead atoms. The van der Waals surface area contributed by atoms with Crippen LogP contribution in [0.5, 0.6) is 0 Å². The van der Waals surface area contributed by atoms with Gasteiger partial charge in [-0.15, -0.1) is 0 Å². The molecule has 2 aromatic heterocycles. The highest BCUT2D eigenvalue weighted by Crippen LogP contribution is 2.34. The molecule has 7 heteroatoms. The molecule has 0 spiro atoms. The van der Waals surface area contributed by atoms with Crippen molar-refractivity contribution in [3.8, 4) is 0 Å². The van der Waals surface area contributed by atoms with Crippen LogP contribution >= 0.6 is 0 Å². The summed E-state index contributed by atoms with van der Waals surface area (Å²) in [6, 6.07) is 17.3. The number of aromatic nitrogens is 2. The number of rotatable bonds is 6. The Morgan fingerprint density at radius 3 is 2.68 bits per heavy atom. The maximum atomic E-state index is 12.9. The summed E-state index contributed by atoms with van der Waals surface area (Å²) >= 11 is 0. The number of aryl methyl sites for hydroxylation is 2. The van der Waals surface area contributed by atoms with E-state index in [0.29, 0.717) is 18.7 Å². The number of carbonyl (C=O) groups excluding carboxylic acids is 1. The van der Waals surface area contributed by atoms with E-state index in [9.17, 15) is 9.90 Å². The summed E-state index contributed by atoms with van der Waals surface area (Å²) in [5, 5.41) is 18.1. The van der Waals surface area contributed by atoms with Crippen molar-refractivity contribution in [2.75, 3.05) is 19.6 Å². The van der Waals surface area contributed by atoms with Crippen LogP contribution in [0.25, 0.3) is 0 Å². The third kappa shape index (κ3) is 4.68. The number of nitrogens with one attached hydrogen (secondary N) is 1. The summed E-state index contributed by atoms with van der Waals surface area (Å²) < 4.78 is 5.14. The zero-order valence-electron chi connectivity index (χ0n) is 17.9. The van der Waals surface area contributed by atoms with E-state index in [4.69, 9.17) is 4.52 Å². The van der Waals surface area contributed by atoms with Crippen LogP contribution in [0, 0.1) is 13.8 Å². The topological polar surface area (TPSA) is 91.5 Å². The summed E-state index contributed by atoms with van der Waals surface area (Å²) in [6.07, 6.45) is 0.622. The van der Waals surface area contributed by atoms with Gasteiger partial charge in [0.15, 0.2) is 0 Å². The average Bonchev–Trinajstić information content (AvgIpc) is 3.21. The van der Waals surface area contributed by atoms with Gasteiger partial charge in [-0.1, -0.05) is 41.6 Å². The molecular formula is C24H28N4O3. The second-order valence-corrected chi connectivity index (χ2v) is 8.21. The lowest BCUT2D eigenvalue weighted by Crippen LogP contribution is -2.62. The van der Waals surface area contributed by atoms with Gasteiger partial charge in [-0.3, -0.25) is 9.78 Å². The Bertz CT molecular complexity index is 1040. The van der Waals surface area contributed by atoms with Crippen LogP contribution in [-0.2, 0) is 12.0 Å². The summed E-state index contributed by atoms with van der Waals surface area (Å²) in [5.74, 6) is -0.228. The first-order valence-electron chi connectivity index (χ1n) is 10.6. The van der Waals surface area contributed by atoms with E-state index in [1.165, 1.54) is 0 Å². The Labute approximate surface area is 182 Å². The quantitative estimate of drug-likeness (QED) is 0.637. The number of β-amino-alcohol motifs (C(OH)–C–C–N with tert-alkyl or cyclic N) is 1. The van der Waals surface area contributed by atoms with Crippen LogP contribution in [0.3, 0.4) is 0 Å². The predicted octanol–water partition coefficient (Wildman–Crippen LogP) is 2.62. The molecule has 0 radical (unpaired) electrons. The van der Waals surface area contributed by atoms with Gasteiger partial charge in [0.05, 0.1) is 17.3 Å². The smallest absolute Gasteiger partial charge is 0.290 e. The Kier molecular flexibility index (Phi) is 6.15. The molecule has 2 atom stereocenters. The van der Waals surface area contributed by atoms with E-state index in [0.717, 1.165) is 36.5 Å². The summed E-state index contributed by atoms with van der Waals surface area (Å²) in [7, 11) is 0. The molecule has 1 aliphatic heterocycles. The lowest BCUT2D eigenvalue weighted by atomic mass is 9.78. The van der Waals surface area contributed by atoms with E-state index >= 15 is 0 Å². The molecule has 0 unspecified atom stereocenters. The molecule has 1 aliphatic rings. The van der Waals surface area contributed by atoms with Crippen molar-refractivity contribution in [1.29, 1.82) is 0 Å². The Morgan fingerprint density at radius 2 is 2.00 bits per heavy atom. The van der Waals surface area contributed by atoms with Gasteiger partial charge in [-0.25, -0.2) is 0 Å². The van der Waals surface area contributed by atoms with Gasteiger partial charge < -0.3 is 19.8 Å². The minimum absolute atomic E-state index is 0.146. The number of amides is 1. The number of nitrogens with zero attached hydrogens (tertiary/aromatic N) is 3. The molecule has 1 amide bonds.